The Morgan fingerprint density at radius 3 is 2.44 bits per heavy atom. The molecule has 1 N–H and O–H groups in total. The highest BCUT2D eigenvalue weighted by molar-refractivity contribution is 7.89. The number of hydrogen-bond acceptors (Lipinski definition) is 7. The average molecular weight is 498 g/mol. The van der Waals surface area contributed by atoms with Crippen LogP contribution in [-0.2, 0) is 23.7 Å². The lowest BCUT2D eigenvalue weighted by Crippen LogP contribution is -2.22. The Bertz CT molecular complexity index is 1390. The molecular formula is C23H23N5O4S2. The molecule has 176 valence electrons. The van der Waals surface area contributed by atoms with Gasteiger partial charge in [0, 0.05) is 50.0 Å². The number of ether oxygens (including phenoxy) is 1. The number of imidazole rings is 1. The van der Waals surface area contributed by atoms with Gasteiger partial charge in [0.15, 0.2) is 5.13 Å². The number of rotatable bonds is 8. The van der Waals surface area contributed by atoms with E-state index in [0.717, 1.165) is 15.7 Å². The summed E-state index contributed by atoms with van der Waals surface area (Å²) < 4.78 is 33.2. The standard InChI is InChI=1S/C23H23N5O4S2/c1-27(2)34(30,31)19-10-6-16(7-11-19)20-15-33-23(25-20)26-22(29)17-4-8-18(9-5-17)32-14-21-24-12-13-28(21)3/h4-13,15H,14H2,1-3H3,(H,25,26,29). The van der Waals surface area contributed by atoms with Crippen molar-refractivity contribution in [2.45, 2.75) is 11.5 Å². The predicted molar refractivity (Wildman–Crippen MR) is 130 cm³/mol. The largest absolute Gasteiger partial charge is 0.486 e. The molecule has 2 aromatic heterocycles. The summed E-state index contributed by atoms with van der Waals surface area (Å²) >= 11 is 1.29. The third kappa shape index (κ3) is 5.16. The van der Waals surface area contributed by atoms with Crippen molar-refractivity contribution in [3.05, 3.63) is 77.7 Å². The first-order valence-corrected chi connectivity index (χ1v) is 12.5. The molecule has 0 aliphatic carbocycles. The number of hydrogen-bond donors (Lipinski definition) is 1. The molecule has 4 aromatic rings. The molecule has 0 atom stereocenters. The molecule has 9 nitrogen and oxygen atoms in total. The third-order valence-electron chi connectivity index (χ3n) is 5.06. The van der Waals surface area contributed by atoms with E-state index in [0.29, 0.717) is 28.7 Å². The van der Waals surface area contributed by atoms with Crippen LogP contribution in [0.1, 0.15) is 16.2 Å². The number of aryl methyl sites for hydroxylation is 1. The maximum Gasteiger partial charge on any atom is 0.257 e. The molecule has 0 aliphatic heterocycles. The minimum atomic E-state index is -3.49. The van der Waals surface area contributed by atoms with Crippen molar-refractivity contribution in [3.8, 4) is 17.0 Å². The van der Waals surface area contributed by atoms with E-state index < -0.39 is 10.0 Å². The lowest BCUT2D eigenvalue weighted by Gasteiger charge is -2.11. The van der Waals surface area contributed by atoms with E-state index in [9.17, 15) is 13.2 Å². The van der Waals surface area contributed by atoms with Crippen molar-refractivity contribution >= 4 is 32.4 Å². The van der Waals surface area contributed by atoms with Gasteiger partial charge in [0.05, 0.1) is 10.6 Å². The number of nitrogens with one attached hydrogen (secondary N) is 1. The van der Waals surface area contributed by atoms with Gasteiger partial charge in [0.25, 0.3) is 5.91 Å². The maximum absolute atomic E-state index is 12.6. The van der Waals surface area contributed by atoms with Crippen LogP contribution < -0.4 is 10.1 Å². The van der Waals surface area contributed by atoms with E-state index in [-0.39, 0.29) is 10.8 Å². The number of aromatic nitrogens is 3. The van der Waals surface area contributed by atoms with Gasteiger partial charge >= 0.3 is 0 Å². The number of carbonyl (C=O) groups is 1. The van der Waals surface area contributed by atoms with Gasteiger partial charge in [0.2, 0.25) is 10.0 Å². The summed E-state index contributed by atoms with van der Waals surface area (Å²) in [5, 5.41) is 5.04. The number of thiazole rings is 1. The molecule has 0 bridgehead atoms. The Balaban J connectivity index is 1.38. The van der Waals surface area contributed by atoms with Crippen LogP contribution in [-0.4, -0.2) is 47.3 Å². The van der Waals surface area contributed by atoms with Gasteiger partial charge in [-0.05, 0) is 36.4 Å². The molecule has 0 saturated carbocycles. The predicted octanol–water partition coefficient (Wildman–Crippen LogP) is 3.63. The molecular weight excluding hydrogens is 474 g/mol. The van der Waals surface area contributed by atoms with Crippen molar-refractivity contribution in [3.63, 3.8) is 0 Å². The molecule has 1 amide bonds. The Morgan fingerprint density at radius 1 is 1.12 bits per heavy atom. The van der Waals surface area contributed by atoms with Gasteiger partial charge in [-0.1, -0.05) is 12.1 Å². The second kappa shape index (κ2) is 9.75. The van der Waals surface area contributed by atoms with Crippen LogP contribution in [0.25, 0.3) is 11.3 Å². The number of benzene rings is 2. The lowest BCUT2D eigenvalue weighted by molar-refractivity contribution is 0.102. The maximum atomic E-state index is 12.6. The summed E-state index contributed by atoms with van der Waals surface area (Å²) in [5.74, 6) is 1.15. The van der Waals surface area contributed by atoms with Crippen molar-refractivity contribution in [2.75, 3.05) is 19.4 Å². The van der Waals surface area contributed by atoms with E-state index in [1.807, 2.05) is 17.8 Å². The first-order chi connectivity index (χ1) is 16.2. The molecule has 0 unspecified atom stereocenters. The van der Waals surface area contributed by atoms with Gasteiger partial charge < -0.3 is 9.30 Å². The summed E-state index contributed by atoms with van der Waals surface area (Å²) in [4.78, 5) is 21.5. The average Bonchev–Trinajstić information content (AvgIpc) is 3.46. The Kier molecular flexibility index (Phi) is 6.77. The molecule has 34 heavy (non-hydrogen) atoms. The fourth-order valence-corrected chi connectivity index (χ4v) is 4.64. The summed E-state index contributed by atoms with van der Waals surface area (Å²) in [6.07, 6.45) is 3.56. The van der Waals surface area contributed by atoms with Crippen molar-refractivity contribution in [1.82, 2.24) is 18.8 Å². The zero-order valence-corrected chi connectivity index (χ0v) is 20.4. The first kappa shape index (κ1) is 23.6. The number of sulfonamides is 1. The van der Waals surface area contributed by atoms with Crippen molar-refractivity contribution in [2.24, 2.45) is 7.05 Å². The second-order valence-electron chi connectivity index (χ2n) is 7.57. The Labute approximate surface area is 201 Å². The fourth-order valence-electron chi connectivity index (χ4n) is 3.03. The summed E-state index contributed by atoms with van der Waals surface area (Å²) in [6.45, 7) is 0.332. The second-order valence-corrected chi connectivity index (χ2v) is 10.6. The van der Waals surface area contributed by atoms with Crippen LogP contribution in [0, 0.1) is 0 Å². The van der Waals surface area contributed by atoms with Gasteiger partial charge in [-0.3, -0.25) is 10.1 Å². The topological polar surface area (TPSA) is 106 Å². The van der Waals surface area contributed by atoms with Crippen LogP contribution in [0.3, 0.4) is 0 Å². The zero-order chi connectivity index (χ0) is 24.3. The highest BCUT2D eigenvalue weighted by atomic mass is 32.2. The number of nitrogens with zero attached hydrogens (tertiary/aromatic N) is 4. The number of anilines is 1. The number of amides is 1. The molecule has 2 heterocycles. The van der Waals surface area contributed by atoms with Gasteiger partial charge in [0.1, 0.15) is 18.2 Å². The van der Waals surface area contributed by atoms with Crippen molar-refractivity contribution < 1.29 is 17.9 Å². The van der Waals surface area contributed by atoms with Crippen LogP contribution in [0.15, 0.2) is 71.2 Å². The van der Waals surface area contributed by atoms with Gasteiger partial charge in [-0.2, -0.15) is 0 Å². The normalized spacial score (nSPS) is 11.5. The summed E-state index contributed by atoms with van der Waals surface area (Å²) in [5.41, 5.74) is 1.87. The van der Waals surface area contributed by atoms with Gasteiger partial charge in [-0.25, -0.2) is 22.7 Å². The van der Waals surface area contributed by atoms with E-state index in [4.69, 9.17) is 4.74 Å². The van der Waals surface area contributed by atoms with E-state index in [1.54, 1.807) is 60.1 Å². The first-order valence-electron chi connectivity index (χ1n) is 10.2. The lowest BCUT2D eigenvalue weighted by atomic mass is 10.2. The van der Waals surface area contributed by atoms with Crippen LogP contribution in [0.4, 0.5) is 5.13 Å². The van der Waals surface area contributed by atoms with Crippen LogP contribution >= 0.6 is 11.3 Å². The van der Waals surface area contributed by atoms with Crippen molar-refractivity contribution in [1.29, 1.82) is 0 Å². The van der Waals surface area contributed by atoms with E-state index in [2.05, 4.69) is 15.3 Å². The zero-order valence-electron chi connectivity index (χ0n) is 18.8. The highest BCUT2D eigenvalue weighted by Gasteiger charge is 2.17. The monoisotopic (exact) mass is 497 g/mol. The van der Waals surface area contributed by atoms with Crippen LogP contribution in [0.5, 0.6) is 5.75 Å². The Morgan fingerprint density at radius 2 is 1.82 bits per heavy atom. The third-order valence-corrected chi connectivity index (χ3v) is 7.65. The SMILES string of the molecule is CN(C)S(=O)(=O)c1ccc(-c2csc(NC(=O)c3ccc(OCc4nccn4C)cc3)n2)cc1. The summed E-state index contributed by atoms with van der Waals surface area (Å²) in [6, 6.07) is 13.3. The van der Waals surface area contributed by atoms with E-state index >= 15 is 0 Å². The van der Waals surface area contributed by atoms with Gasteiger partial charge in [-0.15, -0.1) is 11.3 Å². The minimum Gasteiger partial charge on any atom is -0.486 e. The smallest absolute Gasteiger partial charge is 0.257 e. The molecule has 2 aromatic carbocycles. The molecule has 4 rings (SSSR count). The minimum absolute atomic E-state index is 0.206. The molecule has 11 heteroatoms. The molecule has 0 fully saturated rings. The van der Waals surface area contributed by atoms with E-state index in [1.165, 1.54) is 25.4 Å². The number of carbonyl (C=O) groups excluding carboxylic acids is 1. The summed E-state index contributed by atoms with van der Waals surface area (Å²) in [7, 11) is 1.38. The molecule has 0 saturated heterocycles. The molecule has 0 aliphatic rings. The Hall–Kier alpha value is -3.54. The fraction of sp³-hybridized carbons (Fsp3) is 0.174. The highest BCUT2D eigenvalue weighted by Crippen LogP contribution is 2.27. The molecule has 0 radical (unpaired) electrons. The van der Waals surface area contributed by atoms with Crippen LogP contribution in [0.2, 0.25) is 0 Å². The quantitative estimate of drug-likeness (QED) is 0.399. The molecule has 0 spiro atoms.